The molecule has 1 aliphatic rings. The number of hydrogen-bond donors (Lipinski definition) is 5. The first-order valence-corrected chi connectivity index (χ1v) is 6.37. The van der Waals surface area contributed by atoms with Crippen molar-refractivity contribution in [1.82, 2.24) is 9.55 Å². The Hall–Kier alpha value is -1.59. The van der Waals surface area contributed by atoms with E-state index in [0.29, 0.717) is 0 Å². The van der Waals surface area contributed by atoms with Gasteiger partial charge in [0.2, 0.25) is 0 Å². The molecule has 4 atom stereocenters. The Morgan fingerprint density at radius 3 is 2.67 bits per heavy atom. The number of rotatable bonds is 3. The predicted octanol–water partition coefficient (Wildman–Crippen LogP) is -1.61. The number of aromatic carboxylic acids is 1. The van der Waals surface area contributed by atoms with Gasteiger partial charge in [0, 0.05) is 6.20 Å². The lowest BCUT2D eigenvalue weighted by molar-refractivity contribution is -0.136. The maximum absolute atomic E-state index is 11.5. The van der Waals surface area contributed by atoms with Crippen molar-refractivity contribution < 1.29 is 30.0 Å². The summed E-state index contributed by atoms with van der Waals surface area (Å²) < 4.78 is 6.25. The van der Waals surface area contributed by atoms with Crippen molar-refractivity contribution in [1.29, 1.82) is 0 Å². The predicted molar refractivity (Wildman–Crippen MR) is 70.5 cm³/mol. The van der Waals surface area contributed by atoms with Gasteiger partial charge in [0.05, 0.1) is 6.61 Å². The minimum absolute atomic E-state index is 0.183. The lowest BCUT2D eigenvalue weighted by atomic mass is 10.0. The molecule has 0 bridgehead atoms. The topological polar surface area (TPSA) is 145 Å². The summed E-state index contributed by atoms with van der Waals surface area (Å²) >= 11 is 4.94. The molecule has 0 amide bonds. The molecule has 9 nitrogen and oxygen atoms in total. The van der Waals surface area contributed by atoms with Crippen molar-refractivity contribution in [3.8, 4) is 0 Å². The largest absolute Gasteiger partial charge is 0.477 e. The third-order valence-corrected chi connectivity index (χ3v) is 3.77. The zero-order valence-corrected chi connectivity index (χ0v) is 11.7. The fourth-order valence-corrected chi connectivity index (χ4v) is 2.59. The Morgan fingerprint density at radius 2 is 2.19 bits per heavy atom. The molecule has 0 spiro atoms. The number of ether oxygens (including phenoxy) is 1. The van der Waals surface area contributed by atoms with Gasteiger partial charge in [-0.2, -0.15) is 0 Å². The highest BCUT2D eigenvalue weighted by Gasteiger charge is 2.52. The molecule has 1 aromatic rings. The molecule has 0 aromatic carbocycles. The van der Waals surface area contributed by atoms with Crippen LogP contribution in [0.3, 0.4) is 0 Å². The number of aliphatic hydroxyl groups is 3. The van der Waals surface area contributed by atoms with Crippen LogP contribution in [0, 0.1) is 4.77 Å². The highest BCUT2D eigenvalue weighted by atomic mass is 32.1. The van der Waals surface area contributed by atoms with Crippen LogP contribution < -0.4 is 5.56 Å². The molecular formula is C11H14N2O7S. The van der Waals surface area contributed by atoms with Gasteiger partial charge in [0.25, 0.3) is 5.56 Å². The van der Waals surface area contributed by atoms with Crippen LogP contribution in [0.5, 0.6) is 0 Å². The average molecular weight is 318 g/mol. The van der Waals surface area contributed by atoms with Crippen molar-refractivity contribution in [3.05, 3.63) is 26.9 Å². The number of carboxylic acid groups (broad SMARTS) is 1. The molecule has 1 aliphatic heterocycles. The van der Waals surface area contributed by atoms with Gasteiger partial charge in [-0.15, -0.1) is 0 Å². The van der Waals surface area contributed by atoms with Gasteiger partial charge in [-0.25, -0.2) is 4.79 Å². The van der Waals surface area contributed by atoms with E-state index in [1.807, 2.05) is 0 Å². The fourth-order valence-electron chi connectivity index (χ4n) is 2.26. The molecule has 5 N–H and O–H groups in total. The van der Waals surface area contributed by atoms with Crippen LogP contribution in [-0.2, 0) is 10.5 Å². The van der Waals surface area contributed by atoms with Crippen LogP contribution in [0.1, 0.15) is 17.3 Å². The molecule has 0 unspecified atom stereocenters. The Bertz CT molecular complexity index is 684. The monoisotopic (exact) mass is 318 g/mol. The molecule has 116 valence electrons. The Morgan fingerprint density at radius 1 is 1.57 bits per heavy atom. The Balaban J connectivity index is 2.61. The first kappa shape index (κ1) is 15.8. The van der Waals surface area contributed by atoms with Gasteiger partial charge in [-0.05, 0) is 19.1 Å². The molecule has 0 aliphatic carbocycles. The summed E-state index contributed by atoms with van der Waals surface area (Å²) in [5.74, 6) is -1.48. The Kier molecular flexibility index (Phi) is 4.00. The van der Waals surface area contributed by atoms with Gasteiger partial charge in [0.15, 0.2) is 10.5 Å². The SMILES string of the molecule is C[C@@]1(n2cc(C(=O)O)c(=O)[nH]c2=S)O[C@H](CO)[C@@H](O)[C@H]1O. The number of carbonyl (C=O) groups is 1. The fraction of sp³-hybridized carbons (Fsp3) is 0.545. The van der Waals surface area contributed by atoms with E-state index in [1.165, 1.54) is 6.92 Å². The maximum atomic E-state index is 11.5. The van der Waals surface area contributed by atoms with Crippen molar-refractivity contribution in [2.45, 2.75) is 31.0 Å². The smallest absolute Gasteiger partial charge is 0.342 e. The van der Waals surface area contributed by atoms with Crippen LogP contribution in [-0.4, -0.2) is 60.9 Å². The van der Waals surface area contributed by atoms with Crippen molar-refractivity contribution >= 4 is 18.2 Å². The number of aromatic amines is 1. The third-order valence-electron chi connectivity index (χ3n) is 3.47. The van der Waals surface area contributed by atoms with Gasteiger partial charge in [-0.3, -0.25) is 14.3 Å². The second-order valence-electron chi connectivity index (χ2n) is 4.81. The second kappa shape index (κ2) is 5.31. The van der Waals surface area contributed by atoms with E-state index in [2.05, 4.69) is 4.98 Å². The quantitative estimate of drug-likeness (QED) is 0.419. The molecule has 0 saturated carbocycles. The van der Waals surface area contributed by atoms with E-state index in [1.54, 1.807) is 0 Å². The lowest BCUT2D eigenvalue weighted by Crippen LogP contribution is -2.44. The third kappa shape index (κ3) is 2.40. The van der Waals surface area contributed by atoms with Crippen molar-refractivity contribution in [2.24, 2.45) is 0 Å². The highest BCUT2D eigenvalue weighted by molar-refractivity contribution is 7.71. The Labute approximate surface area is 123 Å². The molecule has 21 heavy (non-hydrogen) atoms. The minimum atomic E-state index is -1.63. The zero-order chi connectivity index (χ0) is 15.9. The summed E-state index contributed by atoms with van der Waals surface area (Å²) in [6.07, 6.45) is -3.00. The van der Waals surface area contributed by atoms with Gasteiger partial charge >= 0.3 is 5.97 Å². The second-order valence-corrected chi connectivity index (χ2v) is 5.19. The lowest BCUT2D eigenvalue weighted by Gasteiger charge is -2.30. The molecule has 2 heterocycles. The van der Waals surface area contributed by atoms with Crippen molar-refractivity contribution in [2.75, 3.05) is 6.61 Å². The summed E-state index contributed by atoms with van der Waals surface area (Å²) in [7, 11) is 0. The standard InChI is InChI=1S/C11H14N2O7S/c1-11(7(16)6(15)5(3-14)20-11)13-2-4(9(18)19)8(17)12-10(13)21/h2,5-7,14-16H,3H2,1H3,(H,18,19)(H,12,17,21)/t5-,6-,7-,11-/m1/s1. The maximum Gasteiger partial charge on any atom is 0.342 e. The highest BCUT2D eigenvalue weighted by Crippen LogP contribution is 2.35. The summed E-state index contributed by atoms with van der Waals surface area (Å²) in [6, 6.07) is 0. The van der Waals surface area contributed by atoms with E-state index in [0.717, 1.165) is 10.8 Å². The van der Waals surface area contributed by atoms with Gasteiger partial charge < -0.3 is 25.2 Å². The minimum Gasteiger partial charge on any atom is -0.477 e. The molecule has 1 aromatic heterocycles. The van der Waals surface area contributed by atoms with E-state index < -0.39 is 47.7 Å². The van der Waals surface area contributed by atoms with Gasteiger partial charge in [-0.1, -0.05) is 0 Å². The average Bonchev–Trinajstić information content (AvgIpc) is 2.63. The number of H-pyrrole nitrogens is 1. The molecule has 1 fully saturated rings. The van der Waals surface area contributed by atoms with Gasteiger partial charge in [0.1, 0.15) is 23.9 Å². The zero-order valence-electron chi connectivity index (χ0n) is 10.9. The van der Waals surface area contributed by atoms with Crippen LogP contribution >= 0.6 is 12.2 Å². The number of aliphatic hydroxyl groups excluding tert-OH is 3. The van der Waals surface area contributed by atoms with E-state index in [9.17, 15) is 19.8 Å². The van der Waals surface area contributed by atoms with Crippen LogP contribution in [0.2, 0.25) is 0 Å². The summed E-state index contributed by atoms with van der Waals surface area (Å²) in [5.41, 5.74) is -3.11. The van der Waals surface area contributed by atoms with Crippen LogP contribution in [0.25, 0.3) is 0 Å². The van der Waals surface area contributed by atoms with Crippen LogP contribution in [0.4, 0.5) is 0 Å². The van der Waals surface area contributed by atoms with E-state index >= 15 is 0 Å². The summed E-state index contributed by atoms with van der Waals surface area (Å²) in [4.78, 5) is 24.7. The molecule has 1 saturated heterocycles. The number of carboxylic acids is 1. The van der Waals surface area contributed by atoms with E-state index in [-0.39, 0.29) is 4.77 Å². The molecule has 0 radical (unpaired) electrons. The molecule has 10 heteroatoms. The molecular weight excluding hydrogens is 304 g/mol. The number of nitrogens with one attached hydrogen (secondary N) is 1. The van der Waals surface area contributed by atoms with E-state index in [4.69, 9.17) is 27.2 Å². The normalized spacial score (nSPS) is 32.3. The first-order valence-electron chi connectivity index (χ1n) is 5.97. The molecule has 2 rings (SSSR count). The van der Waals surface area contributed by atoms with Crippen molar-refractivity contribution in [3.63, 3.8) is 0 Å². The van der Waals surface area contributed by atoms with Crippen LogP contribution in [0.15, 0.2) is 11.0 Å². The first-order chi connectivity index (χ1) is 9.72. The summed E-state index contributed by atoms with van der Waals surface area (Å²) in [6.45, 7) is 0.812. The number of aromatic nitrogens is 2. The number of nitrogens with zero attached hydrogens (tertiary/aromatic N) is 1. The number of hydrogen-bond acceptors (Lipinski definition) is 7. The summed E-state index contributed by atoms with van der Waals surface area (Å²) in [5, 5.41) is 38.0.